The molecular formula is C34H28N2O4S. The molecule has 0 bridgehead atoms. The molecule has 3 aromatic carbocycles. The van der Waals surface area contributed by atoms with Crippen LogP contribution in [-0.4, -0.2) is 35.0 Å². The molecule has 4 aromatic rings. The lowest BCUT2D eigenvalue weighted by molar-refractivity contribution is -0.122. The lowest BCUT2D eigenvalue weighted by atomic mass is 9.63. The van der Waals surface area contributed by atoms with Crippen molar-refractivity contribution in [1.29, 1.82) is 0 Å². The fraction of sp³-hybridized carbons (Fsp3) is 0.206. The van der Waals surface area contributed by atoms with Crippen molar-refractivity contribution in [1.82, 2.24) is 4.90 Å². The number of hydrogen-bond donors (Lipinski definition) is 1. The fourth-order valence-electron chi connectivity index (χ4n) is 6.87. The summed E-state index contributed by atoms with van der Waals surface area (Å²) < 4.78 is 5.86. The quantitative estimate of drug-likeness (QED) is 0.261. The highest BCUT2D eigenvalue weighted by molar-refractivity contribution is 7.12. The Bertz CT molecular complexity index is 1710. The predicted octanol–water partition coefficient (Wildman–Crippen LogP) is 6.52. The maximum atomic E-state index is 14.9. The molecule has 6 nitrogen and oxygen atoms in total. The number of nitrogens with zero attached hydrogens (tertiary/aromatic N) is 1. The van der Waals surface area contributed by atoms with Gasteiger partial charge in [-0.1, -0.05) is 67.6 Å². The Balaban J connectivity index is 1.50. The number of anilines is 1. The second-order valence-electron chi connectivity index (χ2n) is 10.7. The summed E-state index contributed by atoms with van der Waals surface area (Å²) in [7, 11) is 0. The Hall–Kier alpha value is -4.49. The van der Waals surface area contributed by atoms with E-state index in [1.165, 1.54) is 11.3 Å². The summed E-state index contributed by atoms with van der Waals surface area (Å²) in [4.78, 5) is 46.3. The van der Waals surface area contributed by atoms with Crippen molar-refractivity contribution in [3.63, 3.8) is 0 Å². The number of ketones is 2. The van der Waals surface area contributed by atoms with Gasteiger partial charge in [0.2, 0.25) is 5.91 Å². The van der Waals surface area contributed by atoms with Gasteiger partial charge in [-0.15, -0.1) is 11.3 Å². The van der Waals surface area contributed by atoms with E-state index >= 15 is 0 Å². The molecule has 4 atom stereocenters. The smallest absolute Gasteiger partial charge is 0.238 e. The summed E-state index contributed by atoms with van der Waals surface area (Å²) in [6.45, 7) is 2.55. The molecule has 1 amide bonds. The van der Waals surface area contributed by atoms with Crippen LogP contribution in [0.1, 0.15) is 56.1 Å². The molecule has 0 unspecified atom stereocenters. The van der Waals surface area contributed by atoms with Crippen LogP contribution < -0.4 is 10.1 Å². The van der Waals surface area contributed by atoms with E-state index in [4.69, 9.17) is 4.74 Å². The molecule has 1 fully saturated rings. The minimum absolute atomic E-state index is 0.167. The maximum absolute atomic E-state index is 14.9. The SMILES string of the molecule is CCCOc1cccc(C(=O)[C@@H]2[C@@H](C(=O)c3cccs3)N3C=Cc4ccccc4[C@@H]3[C@]23C(=O)Nc2ccccc23)c1. The summed E-state index contributed by atoms with van der Waals surface area (Å²) in [5, 5.41) is 4.95. The largest absolute Gasteiger partial charge is 0.494 e. The number of rotatable bonds is 7. The first-order chi connectivity index (χ1) is 20.1. The van der Waals surface area contributed by atoms with Crippen LogP contribution in [0.4, 0.5) is 5.69 Å². The molecular weight excluding hydrogens is 532 g/mol. The van der Waals surface area contributed by atoms with E-state index in [0.717, 1.165) is 23.1 Å². The number of carbonyl (C=O) groups is 3. The predicted molar refractivity (Wildman–Crippen MR) is 159 cm³/mol. The average Bonchev–Trinajstić information content (AvgIpc) is 3.72. The topological polar surface area (TPSA) is 75.7 Å². The van der Waals surface area contributed by atoms with E-state index in [9.17, 15) is 14.4 Å². The van der Waals surface area contributed by atoms with Gasteiger partial charge in [0.1, 0.15) is 17.2 Å². The lowest BCUT2D eigenvalue weighted by Crippen LogP contribution is -2.49. The number of thiophene rings is 1. The van der Waals surface area contributed by atoms with Gasteiger partial charge in [0.05, 0.1) is 23.4 Å². The van der Waals surface area contributed by atoms with Gasteiger partial charge in [0, 0.05) is 17.5 Å². The number of hydrogen-bond acceptors (Lipinski definition) is 6. The lowest BCUT2D eigenvalue weighted by Gasteiger charge is -2.38. The average molecular weight is 561 g/mol. The first-order valence-electron chi connectivity index (χ1n) is 13.9. The van der Waals surface area contributed by atoms with E-state index in [1.807, 2.05) is 90.1 Å². The zero-order valence-electron chi connectivity index (χ0n) is 22.4. The van der Waals surface area contributed by atoms with Crippen molar-refractivity contribution in [3.8, 4) is 5.75 Å². The normalized spacial score (nSPS) is 23.6. The Morgan fingerprint density at radius 1 is 0.976 bits per heavy atom. The molecule has 0 aliphatic carbocycles. The van der Waals surface area contributed by atoms with E-state index in [1.54, 1.807) is 24.3 Å². The van der Waals surface area contributed by atoms with Crippen LogP contribution in [0.5, 0.6) is 5.75 Å². The van der Waals surface area contributed by atoms with Crippen LogP contribution in [-0.2, 0) is 10.2 Å². The Morgan fingerprint density at radius 2 is 1.80 bits per heavy atom. The van der Waals surface area contributed by atoms with Crippen molar-refractivity contribution in [2.75, 3.05) is 11.9 Å². The second kappa shape index (κ2) is 9.85. The summed E-state index contributed by atoms with van der Waals surface area (Å²) in [6, 6.07) is 24.8. The maximum Gasteiger partial charge on any atom is 0.238 e. The van der Waals surface area contributed by atoms with Gasteiger partial charge in [-0.3, -0.25) is 14.4 Å². The van der Waals surface area contributed by atoms with Crippen LogP contribution in [0.2, 0.25) is 0 Å². The summed E-state index contributed by atoms with van der Waals surface area (Å²) in [5.41, 5.74) is 2.37. The van der Waals surface area contributed by atoms with Crippen LogP contribution in [0.25, 0.3) is 6.08 Å². The van der Waals surface area contributed by atoms with E-state index < -0.39 is 23.4 Å². The van der Waals surface area contributed by atoms with Crippen molar-refractivity contribution >= 4 is 40.6 Å². The number of para-hydroxylation sites is 1. The Morgan fingerprint density at radius 3 is 2.63 bits per heavy atom. The highest BCUT2D eigenvalue weighted by atomic mass is 32.1. The Labute approximate surface area is 242 Å². The molecule has 3 aliphatic rings. The van der Waals surface area contributed by atoms with Crippen LogP contribution in [0.3, 0.4) is 0 Å². The first-order valence-corrected chi connectivity index (χ1v) is 14.7. The fourth-order valence-corrected chi connectivity index (χ4v) is 7.57. The van der Waals surface area contributed by atoms with Gasteiger partial charge in [-0.05, 0) is 58.8 Å². The van der Waals surface area contributed by atoms with E-state index in [0.29, 0.717) is 28.5 Å². The molecule has 1 N–H and O–H groups in total. The van der Waals surface area contributed by atoms with E-state index in [-0.39, 0.29) is 17.5 Å². The third kappa shape index (κ3) is 3.72. The number of carbonyl (C=O) groups excluding carboxylic acids is 3. The molecule has 1 saturated heterocycles. The standard InChI is InChI=1S/C34H28N2O4S/c1-2-18-40-23-11-7-10-22(20-23)30(37)28-29(31(38)27-15-8-19-41-27)36-17-16-21-9-3-4-12-24(21)32(36)34(28)25-13-5-6-14-26(25)35-33(34)39/h3-17,19-20,28-29,32H,2,18H2,1H3,(H,35,39)/t28-,29-,32+,34+/m0/s1. The van der Waals surface area contributed by atoms with Crippen molar-refractivity contribution in [2.45, 2.75) is 30.8 Å². The number of fused-ring (bicyclic) bond motifs is 6. The molecule has 204 valence electrons. The molecule has 3 aliphatic heterocycles. The third-order valence-corrected chi connectivity index (χ3v) is 9.36. The zero-order valence-corrected chi connectivity index (χ0v) is 23.3. The third-order valence-electron chi connectivity index (χ3n) is 8.48. The molecule has 1 spiro atoms. The summed E-state index contributed by atoms with van der Waals surface area (Å²) in [5.74, 6) is -1.10. The van der Waals surface area contributed by atoms with Gasteiger partial charge in [0.15, 0.2) is 11.6 Å². The summed E-state index contributed by atoms with van der Waals surface area (Å²) >= 11 is 1.35. The number of amides is 1. The van der Waals surface area contributed by atoms with Crippen molar-refractivity contribution < 1.29 is 19.1 Å². The van der Waals surface area contributed by atoms with Gasteiger partial charge < -0.3 is 15.0 Å². The molecule has 0 radical (unpaired) electrons. The molecule has 4 heterocycles. The van der Waals surface area contributed by atoms with Gasteiger partial charge in [-0.2, -0.15) is 0 Å². The van der Waals surface area contributed by atoms with Crippen LogP contribution in [0, 0.1) is 5.92 Å². The minimum Gasteiger partial charge on any atom is -0.494 e. The number of benzene rings is 3. The van der Waals surface area contributed by atoms with Crippen molar-refractivity contribution in [2.24, 2.45) is 5.92 Å². The van der Waals surface area contributed by atoms with Gasteiger partial charge in [-0.25, -0.2) is 0 Å². The molecule has 41 heavy (non-hydrogen) atoms. The molecule has 0 saturated carbocycles. The van der Waals surface area contributed by atoms with Crippen LogP contribution in [0.15, 0.2) is 96.5 Å². The monoisotopic (exact) mass is 560 g/mol. The zero-order chi connectivity index (χ0) is 28.1. The van der Waals surface area contributed by atoms with E-state index in [2.05, 4.69) is 5.32 Å². The van der Waals surface area contributed by atoms with Gasteiger partial charge in [0.25, 0.3) is 0 Å². The number of nitrogens with one attached hydrogen (secondary N) is 1. The van der Waals surface area contributed by atoms with Crippen LogP contribution >= 0.6 is 11.3 Å². The minimum atomic E-state index is -1.34. The Kier molecular flexibility index (Phi) is 6.12. The first kappa shape index (κ1) is 25.5. The number of ether oxygens (including phenoxy) is 1. The molecule has 7 rings (SSSR count). The second-order valence-corrected chi connectivity index (χ2v) is 11.6. The van der Waals surface area contributed by atoms with Gasteiger partial charge >= 0.3 is 0 Å². The molecule has 7 heteroatoms. The summed E-state index contributed by atoms with van der Waals surface area (Å²) in [6.07, 6.45) is 4.70. The number of Topliss-reactive ketones (excluding diaryl/α,β-unsaturated/α-hetero) is 2. The van der Waals surface area contributed by atoms with Crippen molar-refractivity contribution in [3.05, 3.63) is 124 Å². The molecule has 1 aromatic heterocycles. The highest BCUT2D eigenvalue weighted by Gasteiger charge is 2.70. The highest BCUT2D eigenvalue weighted by Crippen LogP contribution is 2.62.